The minimum Gasteiger partial charge on any atom is -0.384 e. The van der Waals surface area contributed by atoms with E-state index in [0.29, 0.717) is 11.8 Å². The molecule has 0 bridgehead atoms. The number of nitrogens with zero attached hydrogens (tertiary/aromatic N) is 1. The van der Waals surface area contributed by atoms with Crippen molar-refractivity contribution >= 4 is 5.91 Å². The van der Waals surface area contributed by atoms with E-state index < -0.39 is 0 Å². The summed E-state index contributed by atoms with van der Waals surface area (Å²) in [5.74, 6) is 0.957. The molecule has 2 heterocycles. The molecule has 92 valence electrons. The van der Waals surface area contributed by atoms with Gasteiger partial charge in [0.15, 0.2) is 0 Å². The molecule has 2 aliphatic heterocycles. The molecule has 0 unspecified atom stereocenters. The van der Waals surface area contributed by atoms with Crippen LogP contribution < -0.4 is 5.32 Å². The summed E-state index contributed by atoms with van der Waals surface area (Å²) in [5, 5.41) is 3.27. The summed E-state index contributed by atoms with van der Waals surface area (Å²) in [6, 6.07) is 0.0963. The Bertz CT molecular complexity index is 231. The first kappa shape index (κ1) is 11.9. The third kappa shape index (κ3) is 2.74. The van der Waals surface area contributed by atoms with Crippen LogP contribution in [-0.2, 0) is 9.53 Å². The Morgan fingerprint density at radius 2 is 2.12 bits per heavy atom. The fraction of sp³-hybridized carbons (Fsp3) is 0.917. The Labute approximate surface area is 97.3 Å². The second-order valence-corrected chi connectivity index (χ2v) is 4.87. The Morgan fingerprint density at radius 3 is 2.69 bits per heavy atom. The maximum atomic E-state index is 12.1. The number of amides is 1. The van der Waals surface area contributed by atoms with Crippen molar-refractivity contribution in [2.24, 2.45) is 5.92 Å². The molecule has 2 fully saturated rings. The number of piperidine rings is 1. The summed E-state index contributed by atoms with van der Waals surface area (Å²) < 4.78 is 5.16. The van der Waals surface area contributed by atoms with Crippen molar-refractivity contribution in [1.29, 1.82) is 0 Å². The lowest BCUT2D eigenvalue weighted by molar-refractivity contribution is -0.134. The van der Waals surface area contributed by atoms with E-state index in [1.165, 1.54) is 0 Å². The molecule has 2 saturated heterocycles. The molecule has 1 N–H and O–H groups in total. The molecular weight excluding hydrogens is 204 g/mol. The Hall–Kier alpha value is -0.610. The van der Waals surface area contributed by atoms with Gasteiger partial charge in [-0.3, -0.25) is 4.79 Å². The summed E-state index contributed by atoms with van der Waals surface area (Å²) in [4.78, 5) is 14.1. The molecule has 0 aliphatic carbocycles. The number of rotatable bonds is 3. The number of likely N-dealkylation sites (tertiary alicyclic amines) is 1. The smallest absolute Gasteiger partial charge is 0.239 e. The minimum absolute atomic E-state index is 0.0963. The van der Waals surface area contributed by atoms with E-state index in [1.54, 1.807) is 7.11 Å². The van der Waals surface area contributed by atoms with Crippen LogP contribution in [0.25, 0.3) is 0 Å². The summed E-state index contributed by atoms with van der Waals surface area (Å²) in [5.41, 5.74) is 0. The van der Waals surface area contributed by atoms with Crippen LogP contribution in [0, 0.1) is 5.92 Å². The zero-order chi connectivity index (χ0) is 11.4. The fourth-order valence-electron chi connectivity index (χ4n) is 2.67. The molecule has 0 aromatic heterocycles. The number of hydrogen-bond acceptors (Lipinski definition) is 3. The van der Waals surface area contributed by atoms with Gasteiger partial charge in [0.1, 0.15) is 0 Å². The van der Waals surface area contributed by atoms with Gasteiger partial charge < -0.3 is 15.0 Å². The lowest BCUT2D eigenvalue weighted by Gasteiger charge is -2.33. The number of ether oxygens (including phenoxy) is 1. The third-order valence-electron chi connectivity index (χ3n) is 3.69. The minimum atomic E-state index is 0.0963. The molecule has 4 heteroatoms. The van der Waals surface area contributed by atoms with Crippen LogP contribution in [0.15, 0.2) is 0 Å². The first-order chi connectivity index (χ1) is 7.81. The zero-order valence-electron chi connectivity index (χ0n) is 10.1. The van der Waals surface area contributed by atoms with Gasteiger partial charge in [-0.05, 0) is 38.1 Å². The van der Waals surface area contributed by atoms with Crippen molar-refractivity contribution in [1.82, 2.24) is 10.2 Å². The normalized spacial score (nSPS) is 27.3. The third-order valence-corrected chi connectivity index (χ3v) is 3.69. The van der Waals surface area contributed by atoms with E-state index in [4.69, 9.17) is 4.74 Å². The first-order valence-corrected chi connectivity index (χ1v) is 6.32. The molecule has 16 heavy (non-hydrogen) atoms. The van der Waals surface area contributed by atoms with Crippen molar-refractivity contribution < 1.29 is 9.53 Å². The second kappa shape index (κ2) is 5.64. The van der Waals surface area contributed by atoms with Crippen molar-refractivity contribution in [2.45, 2.75) is 31.7 Å². The summed E-state index contributed by atoms with van der Waals surface area (Å²) in [6.45, 7) is 3.65. The summed E-state index contributed by atoms with van der Waals surface area (Å²) >= 11 is 0. The highest BCUT2D eigenvalue weighted by Gasteiger charge is 2.29. The predicted octanol–water partition coefficient (Wildman–Crippen LogP) is 0.623. The van der Waals surface area contributed by atoms with Gasteiger partial charge in [0.05, 0.1) is 6.04 Å². The van der Waals surface area contributed by atoms with Crippen molar-refractivity contribution in [3.63, 3.8) is 0 Å². The molecular formula is C12H22N2O2. The highest BCUT2D eigenvalue weighted by atomic mass is 16.5. The fourth-order valence-corrected chi connectivity index (χ4v) is 2.67. The Balaban J connectivity index is 1.77. The van der Waals surface area contributed by atoms with E-state index in [9.17, 15) is 4.79 Å². The van der Waals surface area contributed by atoms with Crippen LogP contribution in [0.3, 0.4) is 0 Å². The van der Waals surface area contributed by atoms with Crippen LogP contribution in [0.4, 0.5) is 0 Å². The lowest BCUT2D eigenvalue weighted by atomic mass is 9.97. The largest absolute Gasteiger partial charge is 0.384 e. The molecule has 0 aromatic carbocycles. The van der Waals surface area contributed by atoms with Gasteiger partial charge >= 0.3 is 0 Å². The van der Waals surface area contributed by atoms with E-state index in [2.05, 4.69) is 5.32 Å². The highest BCUT2D eigenvalue weighted by Crippen LogP contribution is 2.19. The topological polar surface area (TPSA) is 41.6 Å². The molecule has 0 saturated carbocycles. The van der Waals surface area contributed by atoms with Gasteiger partial charge in [0.25, 0.3) is 0 Å². The monoisotopic (exact) mass is 226 g/mol. The number of hydrogen-bond donors (Lipinski definition) is 1. The average molecular weight is 226 g/mol. The van der Waals surface area contributed by atoms with Gasteiger partial charge in [-0.25, -0.2) is 0 Å². The SMILES string of the molecule is COCC1CCN(C(=O)[C@H]2CCCN2)CC1. The molecule has 2 aliphatic rings. The molecule has 0 radical (unpaired) electrons. The quantitative estimate of drug-likeness (QED) is 0.767. The van der Waals surface area contributed by atoms with Crippen molar-refractivity contribution in [2.75, 3.05) is 33.4 Å². The van der Waals surface area contributed by atoms with Gasteiger partial charge in [0.2, 0.25) is 5.91 Å². The Kier molecular flexibility index (Phi) is 4.18. The van der Waals surface area contributed by atoms with Crippen LogP contribution >= 0.6 is 0 Å². The number of carbonyl (C=O) groups is 1. The number of carbonyl (C=O) groups excluding carboxylic acids is 1. The maximum absolute atomic E-state index is 12.1. The average Bonchev–Trinajstić information content (AvgIpc) is 2.83. The molecule has 1 atom stereocenters. The zero-order valence-corrected chi connectivity index (χ0v) is 10.1. The summed E-state index contributed by atoms with van der Waals surface area (Å²) in [6.07, 6.45) is 4.33. The van der Waals surface area contributed by atoms with E-state index in [1.807, 2.05) is 4.90 Å². The van der Waals surface area contributed by atoms with Crippen LogP contribution in [0.2, 0.25) is 0 Å². The molecule has 0 spiro atoms. The van der Waals surface area contributed by atoms with Crippen LogP contribution in [0.1, 0.15) is 25.7 Å². The molecule has 0 aromatic rings. The van der Waals surface area contributed by atoms with Gasteiger partial charge in [-0.1, -0.05) is 0 Å². The van der Waals surface area contributed by atoms with Gasteiger partial charge in [-0.2, -0.15) is 0 Å². The van der Waals surface area contributed by atoms with E-state index in [0.717, 1.165) is 51.9 Å². The second-order valence-electron chi connectivity index (χ2n) is 4.87. The molecule has 1 amide bonds. The van der Waals surface area contributed by atoms with Gasteiger partial charge in [0, 0.05) is 26.8 Å². The van der Waals surface area contributed by atoms with Crippen molar-refractivity contribution in [3.8, 4) is 0 Å². The van der Waals surface area contributed by atoms with Crippen LogP contribution in [-0.4, -0.2) is 50.2 Å². The molecule has 4 nitrogen and oxygen atoms in total. The first-order valence-electron chi connectivity index (χ1n) is 6.32. The number of nitrogens with one attached hydrogen (secondary N) is 1. The summed E-state index contributed by atoms with van der Waals surface area (Å²) in [7, 11) is 1.75. The Morgan fingerprint density at radius 1 is 1.38 bits per heavy atom. The molecule has 2 rings (SSSR count). The lowest BCUT2D eigenvalue weighted by Crippen LogP contribution is -2.47. The maximum Gasteiger partial charge on any atom is 0.239 e. The predicted molar refractivity (Wildman–Crippen MR) is 62.2 cm³/mol. The standard InChI is InChI=1S/C12H22N2O2/c1-16-9-10-4-7-14(8-5-10)12(15)11-3-2-6-13-11/h10-11,13H,2-9H2,1H3/t11-/m1/s1. The number of methoxy groups -OCH3 is 1. The van der Waals surface area contributed by atoms with E-state index >= 15 is 0 Å². The van der Waals surface area contributed by atoms with Crippen molar-refractivity contribution in [3.05, 3.63) is 0 Å². The van der Waals surface area contributed by atoms with Gasteiger partial charge in [-0.15, -0.1) is 0 Å². The van der Waals surface area contributed by atoms with E-state index in [-0.39, 0.29) is 6.04 Å². The van der Waals surface area contributed by atoms with Crippen LogP contribution in [0.5, 0.6) is 0 Å². The highest BCUT2D eigenvalue weighted by molar-refractivity contribution is 5.82.